The first-order valence-electron chi connectivity index (χ1n) is 10.4. The Morgan fingerprint density at radius 1 is 1.16 bits per heavy atom. The molecule has 0 aliphatic rings. The van der Waals surface area contributed by atoms with Crippen molar-refractivity contribution in [2.45, 2.75) is 59.7 Å². The van der Waals surface area contributed by atoms with E-state index >= 15 is 0 Å². The number of esters is 1. The summed E-state index contributed by atoms with van der Waals surface area (Å²) in [5, 5.41) is 10.3. The number of aromatic hydroxyl groups is 1. The van der Waals surface area contributed by atoms with E-state index in [4.69, 9.17) is 21.1 Å². The Labute approximate surface area is 188 Å². The minimum Gasteiger partial charge on any atom is -0.506 e. The molecule has 0 spiro atoms. The Balaban J connectivity index is 2.04. The smallest absolute Gasteiger partial charge is 0.309 e. The maximum Gasteiger partial charge on any atom is 0.309 e. The number of Topliss-reactive ketones (excluding diaryl/α,β-unsaturated/α-hetero) is 1. The number of benzene rings is 1. The molecule has 0 aliphatic carbocycles. The van der Waals surface area contributed by atoms with Crippen molar-refractivity contribution >= 4 is 23.4 Å². The number of nitrogens with zero attached hydrogens (tertiary/aromatic N) is 1. The zero-order valence-corrected chi connectivity index (χ0v) is 19.3. The molecule has 0 saturated carbocycles. The lowest BCUT2D eigenvalue weighted by atomic mass is 10.0. The van der Waals surface area contributed by atoms with Crippen molar-refractivity contribution in [1.82, 2.24) is 4.98 Å². The third-order valence-corrected chi connectivity index (χ3v) is 5.13. The number of ketones is 1. The van der Waals surface area contributed by atoms with Gasteiger partial charge in [0, 0.05) is 12.6 Å². The van der Waals surface area contributed by atoms with Crippen molar-refractivity contribution in [2.75, 3.05) is 0 Å². The molecule has 0 amide bonds. The molecule has 3 atom stereocenters. The number of carbonyl (C=O) groups excluding carboxylic acids is 2. The molecule has 1 aromatic carbocycles. The first kappa shape index (κ1) is 24.7. The van der Waals surface area contributed by atoms with E-state index in [1.54, 1.807) is 19.9 Å². The number of halogens is 1. The Morgan fingerprint density at radius 3 is 2.48 bits per heavy atom. The van der Waals surface area contributed by atoms with E-state index in [2.05, 4.69) is 18.8 Å². The van der Waals surface area contributed by atoms with E-state index in [1.165, 1.54) is 18.3 Å². The molecule has 0 radical (unpaired) electrons. The van der Waals surface area contributed by atoms with Crippen LogP contribution in [0.15, 0.2) is 36.5 Å². The summed E-state index contributed by atoms with van der Waals surface area (Å²) in [5.41, 5.74) is 0.972. The van der Waals surface area contributed by atoms with Crippen LogP contribution in [0.25, 0.3) is 0 Å². The third-order valence-electron chi connectivity index (χ3n) is 4.84. The Bertz CT molecular complexity index is 915. The predicted octanol–water partition coefficient (Wildman–Crippen LogP) is 5.38. The molecule has 7 heteroatoms. The van der Waals surface area contributed by atoms with Gasteiger partial charge in [-0.25, -0.2) is 4.98 Å². The van der Waals surface area contributed by atoms with Crippen LogP contribution >= 0.6 is 11.6 Å². The van der Waals surface area contributed by atoms with Crippen molar-refractivity contribution in [3.63, 3.8) is 0 Å². The molecule has 31 heavy (non-hydrogen) atoms. The molecule has 2 aromatic rings. The van der Waals surface area contributed by atoms with Gasteiger partial charge in [0.25, 0.3) is 0 Å². The second kappa shape index (κ2) is 11.1. The fraction of sp³-hybridized carbons (Fsp3) is 0.458. The summed E-state index contributed by atoms with van der Waals surface area (Å²) in [5.74, 6) is -0.989. The van der Waals surface area contributed by atoms with E-state index in [1.807, 2.05) is 19.1 Å². The normalized spacial score (nSPS) is 14.0. The van der Waals surface area contributed by atoms with Gasteiger partial charge < -0.3 is 14.6 Å². The topological polar surface area (TPSA) is 85.7 Å². The molecule has 2 rings (SSSR count). The van der Waals surface area contributed by atoms with Crippen LogP contribution in [0.1, 0.15) is 56.6 Å². The fourth-order valence-electron chi connectivity index (χ4n) is 3.11. The van der Waals surface area contributed by atoms with Crippen molar-refractivity contribution in [1.29, 1.82) is 0 Å². The molecular weight excluding hydrogens is 418 g/mol. The van der Waals surface area contributed by atoms with Crippen molar-refractivity contribution in [3.05, 3.63) is 52.8 Å². The highest BCUT2D eigenvalue weighted by Crippen LogP contribution is 2.29. The minimum absolute atomic E-state index is 0.0507. The van der Waals surface area contributed by atoms with Gasteiger partial charge in [0.1, 0.15) is 29.4 Å². The summed E-state index contributed by atoms with van der Waals surface area (Å²) >= 11 is 6.30. The first-order chi connectivity index (χ1) is 14.6. The van der Waals surface area contributed by atoms with Gasteiger partial charge in [0.15, 0.2) is 5.78 Å². The average molecular weight is 448 g/mol. The van der Waals surface area contributed by atoms with Gasteiger partial charge in [-0.1, -0.05) is 38.4 Å². The first-order valence-corrected chi connectivity index (χ1v) is 10.8. The quantitative estimate of drug-likeness (QED) is 0.388. The van der Waals surface area contributed by atoms with Crippen molar-refractivity contribution in [2.24, 2.45) is 11.8 Å². The van der Waals surface area contributed by atoms with Crippen LogP contribution in [0.3, 0.4) is 0 Å². The molecular formula is C24H30ClNO5. The number of ether oxygens (including phenoxy) is 2. The largest absolute Gasteiger partial charge is 0.506 e. The molecule has 1 N–H and O–H groups in total. The molecule has 0 saturated heterocycles. The molecule has 0 aliphatic heterocycles. The lowest BCUT2D eigenvalue weighted by Gasteiger charge is -2.28. The van der Waals surface area contributed by atoms with Gasteiger partial charge in [-0.15, -0.1) is 0 Å². The third kappa shape index (κ3) is 7.24. The van der Waals surface area contributed by atoms with Gasteiger partial charge in [-0.3, -0.25) is 9.59 Å². The second-order valence-electron chi connectivity index (χ2n) is 8.26. The summed E-state index contributed by atoms with van der Waals surface area (Å²) < 4.78 is 11.7. The van der Waals surface area contributed by atoms with Gasteiger partial charge in [0.05, 0.1) is 10.9 Å². The van der Waals surface area contributed by atoms with Gasteiger partial charge in [0.2, 0.25) is 0 Å². The van der Waals surface area contributed by atoms with Crippen LogP contribution in [-0.4, -0.2) is 34.1 Å². The van der Waals surface area contributed by atoms with E-state index in [-0.39, 0.29) is 17.9 Å². The fourth-order valence-corrected chi connectivity index (χ4v) is 3.39. The molecule has 1 aromatic heterocycles. The minimum atomic E-state index is -0.695. The maximum absolute atomic E-state index is 12.6. The highest BCUT2D eigenvalue weighted by Gasteiger charge is 2.28. The van der Waals surface area contributed by atoms with Crippen LogP contribution in [0, 0.1) is 18.8 Å². The van der Waals surface area contributed by atoms with E-state index in [9.17, 15) is 14.7 Å². The van der Waals surface area contributed by atoms with Gasteiger partial charge in [-0.05, 0) is 56.0 Å². The highest BCUT2D eigenvalue weighted by atomic mass is 35.5. The number of hydrogen-bond acceptors (Lipinski definition) is 6. The van der Waals surface area contributed by atoms with E-state index < -0.39 is 29.9 Å². The van der Waals surface area contributed by atoms with Crippen LogP contribution in [0.2, 0.25) is 5.02 Å². The monoisotopic (exact) mass is 447 g/mol. The molecule has 1 heterocycles. The zero-order chi connectivity index (χ0) is 23.1. The lowest BCUT2D eigenvalue weighted by Crippen LogP contribution is -2.36. The summed E-state index contributed by atoms with van der Waals surface area (Å²) in [6.45, 7) is 9.44. The number of hydrogen-bond donors (Lipinski definition) is 1. The zero-order valence-electron chi connectivity index (χ0n) is 18.6. The number of pyridine rings is 1. The van der Waals surface area contributed by atoms with Crippen LogP contribution < -0.4 is 4.74 Å². The molecule has 0 bridgehead atoms. The SMILES string of the molecule is Cc1ccc(O[C@H](CC(C)C)[C@H](C)OC(=O)[C@H](C)CC(=O)c2ncccc2O)c(Cl)c1. The predicted molar refractivity (Wildman–Crippen MR) is 120 cm³/mol. The summed E-state index contributed by atoms with van der Waals surface area (Å²) in [6.07, 6.45) is 1.02. The van der Waals surface area contributed by atoms with Crippen LogP contribution in [0.5, 0.6) is 11.5 Å². The van der Waals surface area contributed by atoms with Crippen molar-refractivity contribution < 1.29 is 24.2 Å². The molecule has 0 fully saturated rings. The van der Waals surface area contributed by atoms with E-state index in [0.29, 0.717) is 23.1 Å². The van der Waals surface area contributed by atoms with Gasteiger partial charge >= 0.3 is 5.97 Å². The van der Waals surface area contributed by atoms with Crippen molar-refractivity contribution in [3.8, 4) is 11.5 Å². The van der Waals surface area contributed by atoms with E-state index in [0.717, 1.165) is 5.56 Å². The van der Waals surface area contributed by atoms with Crippen LogP contribution in [-0.2, 0) is 9.53 Å². The molecule has 6 nitrogen and oxygen atoms in total. The standard InChI is InChI=1S/C24H30ClNO5/c1-14(2)11-22(31-21-9-8-15(3)12-18(21)25)17(5)30-24(29)16(4)13-20(28)23-19(27)7-6-10-26-23/h6-10,12,14,16-17,22,27H,11,13H2,1-5H3/t16-,17+,22-/m1/s1. The summed E-state index contributed by atoms with van der Waals surface area (Å²) in [4.78, 5) is 28.9. The second-order valence-corrected chi connectivity index (χ2v) is 8.67. The highest BCUT2D eigenvalue weighted by molar-refractivity contribution is 6.32. The number of rotatable bonds is 10. The van der Waals surface area contributed by atoms with Crippen LogP contribution in [0.4, 0.5) is 0 Å². The Kier molecular flexibility index (Phi) is 8.87. The number of aromatic nitrogens is 1. The summed E-state index contributed by atoms with van der Waals surface area (Å²) in [6, 6.07) is 8.45. The Morgan fingerprint density at radius 2 is 1.87 bits per heavy atom. The lowest BCUT2D eigenvalue weighted by molar-refractivity contribution is -0.157. The maximum atomic E-state index is 12.6. The van der Waals surface area contributed by atoms with Gasteiger partial charge in [-0.2, -0.15) is 0 Å². The Hall–Kier alpha value is -2.60. The summed E-state index contributed by atoms with van der Waals surface area (Å²) in [7, 11) is 0. The number of carbonyl (C=O) groups is 2. The average Bonchev–Trinajstić information content (AvgIpc) is 2.69. The molecule has 168 valence electrons. The molecule has 0 unspecified atom stereocenters. The number of aryl methyl sites for hydroxylation is 1.